The summed E-state index contributed by atoms with van der Waals surface area (Å²) in [5.74, 6) is 0.549. The lowest BCUT2D eigenvalue weighted by Gasteiger charge is -2.26. The van der Waals surface area contributed by atoms with Gasteiger partial charge in [0.2, 0.25) is 11.8 Å². The number of hydrogen-bond donors (Lipinski definition) is 2. The second kappa shape index (κ2) is 8.26. The molecule has 0 bridgehead atoms. The molecule has 1 aliphatic rings. The number of nitrogens with zero attached hydrogens (tertiary/aromatic N) is 2. The number of thioether (sulfide) groups is 1. The van der Waals surface area contributed by atoms with Crippen LogP contribution in [0.1, 0.15) is 33.1 Å². The molecule has 1 aliphatic heterocycles. The summed E-state index contributed by atoms with van der Waals surface area (Å²) in [6.45, 7) is 6.00. The van der Waals surface area contributed by atoms with Crippen molar-refractivity contribution in [3.63, 3.8) is 0 Å². The highest BCUT2D eigenvalue weighted by molar-refractivity contribution is 7.99. The van der Waals surface area contributed by atoms with Crippen LogP contribution in [0, 0.1) is 0 Å². The predicted molar refractivity (Wildman–Crippen MR) is 87.5 cm³/mol. The van der Waals surface area contributed by atoms with Crippen LogP contribution in [0.4, 0.5) is 0 Å². The molecule has 1 rings (SSSR count). The topological polar surface area (TPSA) is 73.8 Å². The number of amides is 2. The maximum atomic E-state index is 11.7. The molecule has 2 amide bonds. The molecule has 0 aromatic heterocycles. The lowest BCUT2D eigenvalue weighted by molar-refractivity contribution is -0.147. The number of nitrogens with one attached hydrogen (secondary N) is 2. The number of piperidine rings is 1. The highest BCUT2D eigenvalue weighted by atomic mass is 32.2. The van der Waals surface area contributed by atoms with Crippen LogP contribution in [0.3, 0.4) is 0 Å². The minimum absolute atomic E-state index is 0.0699. The Hall–Kier alpha value is -1.24. The van der Waals surface area contributed by atoms with Crippen molar-refractivity contribution in [3.05, 3.63) is 0 Å². The van der Waals surface area contributed by atoms with E-state index in [1.807, 2.05) is 0 Å². The van der Waals surface area contributed by atoms with E-state index in [-0.39, 0.29) is 16.6 Å². The summed E-state index contributed by atoms with van der Waals surface area (Å²) in [4.78, 5) is 28.8. The van der Waals surface area contributed by atoms with Gasteiger partial charge in [-0.1, -0.05) is 0 Å². The first-order valence-electron chi connectivity index (χ1n) is 7.22. The first-order chi connectivity index (χ1) is 9.89. The first kappa shape index (κ1) is 17.8. The Bertz CT molecular complexity index is 394. The lowest BCUT2D eigenvalue weighted by Crippen LogP contribution is -2.48. The number of hydrogen-bond acceptors (Lipinski definition) is 4. The lowest BCUT2D eigenvalue weighted by atomic mass is 10.1. The van der Waals surface area contributed by atoms with Gasteiger partial charge in [-0.3, -0.25) is 19.5 Å². The molecule has 21 heavy (non-hydrogen) atoms. The normalized spacial score (nSPS) is 17.1. The summed E-state index contributed by atoms with van der Waals surface area (Å²) < 4.78 is 0.121. The molecule has 1 saturated heterocycles. The molecule has 6 nitrogen and oxygen atoms in total. The molecule has 7 heteroatoms. The zero-order valence-electron chi connectivity index (χ0n) is 13.4. The summed E-state index contributed by atoms with van der Waals surface area (Å²) >= 11 is 1.78. The van der Waals surface area contributed by atoms with Crippen molar-refractivity contribution >= 4 is 29.5 Å². The highest BCUT2D eigenvalue weighted by Gasteiger charge is 2.25. The molecule has 0 aliphatic carbocycles. The van der Waals surface area contributed by atoms with Gasteiger partial charge in [-0.2, -0.15) is 11.8 Å². The summed E-state index contributed by atoms with van der Waals surface area (Å²) in [7, 11) is 1.71. The van der Waals surface area contributed by atoms with Gasteiger partial charge in [0.25, 0.3) is 0 Å². The summed E-state index contributed by atoms with van der Waals surface area (Å²) in [6.07, 6.45) is 3.70. The van der Waals surface area contributed by atoms with E-state index in [0.717, 1.165) is 6.54 Å². The Labute approximate surface area is 131 Å². The van der Waals surface area contributed by atoms with Gasteiger partial charge in [-0.25, -0.2) is 0 Å². The molecule has 1 heterocycles. The number of carbonyl (C=O) groups excluding carboxylic acids is 2. The van der Waals surface area contributed by atoms with Crippen LogP contribution in [0.2, 0.25) is 0 Å². The fraction of sp³-hybridized carbons (Fsp3) is 0.786. The Kier molecular flexibility index (Phi) is 7.01. The molecule has 0 spiro atoms. The van der Waals surface area contributed by atoms with E-state index in [2.05, 4.69) is 35.7 Å². The van der Waals surface area contributed by atoms with Crippen LogP contribution in [0.5, 0.6) is 0 Å². The molecule has 120 valence electrons. The Morgan fingerprint density at radius 2 is 1.90 bits per heavy atom. The SMILES string of the molecule is CN=C(NCCN1C(=O)CCCC1=O)NCC(C)(C)SC. The highest BCUT2D eigenvalue weighted by Crippen LogP contribution is 2.19. The number of guanidine groups is 1. The minimum Gasteiger partial charge on any atom is -0.355 e. The van der Waals surface area contributed by atoms with E-state index in [4.69, 9.17) is 0 Å². The fourth-order valence-electron chi connectivity index (χ4n) is 1.92. The van der Waals surface area contributed by atoms with E-state index in [1.165, 1.54) is 4.90 Å². The predicted octanol–water partition coefficient (Wildman–Crippen LogP) is 0.832. The van der Waals surface area contributed by atoms with Crippen LogP contribution in [0.15, 0.2) is 4.99 Å². The average molecular weight is 314 g/mol. The molecular formula is C14H26N4O2S. The van der Waals surface area contributed by atoms with Gasteiger partial charge in [-0.15, -0.1) is 0 Å². The molecule has 0 aromatic rings. The molecule has 0 saturated carbocycles. The second-order valence-corrected chi connectivity index (χ2v) is 7.12. The molecule has 0 aromatic carbocycles. The molecular weight excluding hydrogens is 288 g/mol. The van der Waals surface area contributed by atoms with E-state index >= 15 is 0 Å². The maximum Gasteiger partial charge on any atom is 0.229 e. The fourth-order valence-corrected chi connectivity index (χ4v) is 2.14. The minimum atomic E-state index is -0.0699. The maximum absolute atomic E-state index is 11.7. The largest absolute Gasteiger partial charge is 0.355 e. The van der Waals surface area contributed by atoms with Crippen molar-refractivity contribution < 1.29 is 9.59 Å². The van der Waals surface area contributed by atoms with Crippen LogP contribution in [-0.4, -0.2) is 60.4 Å². The van der Waals surface area contributed by atoms with Crippen molar-refractivity contribution in [2.24, 2.45) is 4.99 Å². The van der Waals surface area contributed by atoms with Crippen molar-refractivity contribution in [1.29, 1.82) is 0 Å². The zero-order chi connectivity index (χ0) is 15.9. The molecule has 1 fully saturated rings. The van der Waals surface area contributed by atoms with Gasteiger partial charge in [0.1, 0.15) is 0 Å². The van der Waals surface area contributed by atoms with Gasteiger partial charge in [0.05, 0.1) is 0 Å². The average Bonchev–Trinajstić information content (AvgIpc) is 2.45. The third-order valence-corrected chi connectivity index (χ3v) is 4.72. The van der Waals surface area contributed by atoms with Gasteiger partial charge in [-0.05, 0) is 26.5 Å². The molecule has 0 unspecified atom stereocenters. The van der Waals surface area contributed by atoms with Crippen molar-refractivity contribution in [2.45, 2.75) is 37.9 Å². The smallest absolute Gasteiger partial charge is 0.229 e. The summed E-state index contributed by atoms with van der Waals surface area (Å²) in [5, 5.41) is 6.39. The van der Waals surface area contributed by atoms with E-state index in [9.17, 15) is 9.59 Å². The van der Waals surface area contributed by atoms with Gasteiger partial charge >= 0.3 is 0 Å². The molecule has 0 atom stereocenters. The van der Waals surface area contributed by atoms with Gasteiger partial charge < -0.3 is 10.6 Å². The number of imide groups is 1. The van der Waals surface area contributed by atoms with Gasteiger partial charge in [0.15, 0.2) is 5.96 Å². The second-order valence-electron chi connectivity index (χ2n) is 5.61. The van der Waals surface area contributed by atoms with Crippen molar-refractivity contribution in [2.75, 3.05) is 32.9 Å². The van der Waals surface area contributed by atoms with Crippen molar-refractivity contribution in [3.8, 4) is 0 Å². The van der Waals surface area contributed by atoms with Gasteiger partial charge in [0, 0.05) is 44.3 Å². The number of likely N-dealkylation sites (tertiary alicyclic amines) is 1. The third-order valence-electron chi connectivity index (χ3n) is 3.47. The third kappa shape index (κ3) is 5.95. The van der Waals surface area contributed by atoms with E-state index in [0.29, 0.717) is 38.3 Å². The zero-order valence-corrected chi connectivity index (χ0v) is 14.2. The molecule has 0 radical (unpaired) electrons. The van der Waals surface area contributed by atoms with Crippen LogP contribution in [0.25, 0.3) is 0 Å². The van der Waals surface area contributed by atoms with Crippen LogP contribution >= 0.6 is 11.8 Å². The van der Waals surface area contributed by atoms with Crippen LogP contribution < -0.4 is 10.6 Å². The summed E-state index contributed by atoms with van der Waals surface area (Å²) in [6, 6.07) is 0. The van der Waals surface area contributed by atoms with E-state index < -0.39 is 0 Å². The Morgan fingerprint density at radius 3 is 2.43 bits per heavy atom. The van der Waals surface area contributed by atoms with E-state index in [1.54, 1.807) is 18.8 Å². The number of aliphatic imine (C=N–C) groups is 1. The van der Waals surface area contributed by atoms with Crippen molar-refractivity contribution in [1.82, 2.24) is 15.5 Å². The number of carbonyl (C=O) groups is 2. The monoisotopic (exact) mass is 314 g/mol. The molecule has 2 N–H and O–H groups in total. The first-order valence-corrected chi connectivity index (χ1v) is 8.45. The number of rotatable bonds is 6. The Morgan fingerprint density at radius 1 is 1.29 bits per heavy atom. The van der Waals surface area contributed by atoms with Crippen LogP contribution in [-0.2, 0) is 9.59 Å². The quantitative estimate of drug-likeness (QED) is 0.432. The standard InChI is InChI=1S/C14H26N4O2S/c1-14(2,21-4)10-17-13(15-3)16-8-9-18-11(19)6-5-7-12(18)20/h5-10H2,1-4H3,(H2,15,16,17). The Balaban J connectivity index is 2.35. The summed E-state index contributed by atoms with van der Waals surface area (Å²) in [5.41, 5.74) is 0.